The van der Waals surface area contributed by atoms with Gasteiger partial charge in [0.15, 0.2) is 5.96 Å². The van der Waals surface area contributed by atoms with Crippen molar-refractivity contribution in [1.29, 1.82) is 0 Å². The third-order valence-electron chi connectivity index (χ3n) is 3.85. The van der Waals surface area contributed by atoms with Crippen LogP contribution in [0.5, 0.6) is 5.75 Å². The Balaban J connectivity index is 2.10. The first kappa shape index (κ1) is 13.9. The van der Waals surface area contributed by atoms with Crippen molar-refractivity contribution < 1.29 is 5.11 Å². The average Bonchev–Trinajstić information content (AvgIpc) is 2.77. The second-order valence-electron chi connectivity index (χ2n) is 5.28. The molecule has 3 N–H and O–H groups in total. The van der Waals surface area contributed by atoms with Crippen LogP contribution in [0.1, 0.15) is 12.5 Å². The lowest BCUT2D eigenvalue weighted by molar-refractivity contribution is 0.473. The van der Waals surface area contributed by atoms with Crippen molar-refractivity contribution in [2.45, 2.75) is 12.5 Å². The lowest BCUT2D eigenvalue weighted by Crippen LogP contribution is -2.47. The monoisotopic (exact) mass is 345 g/mol. The van der Waals surface area contributed by atoms with Gasteiger partial charge >= 0.3 is 0 Å². The van der Waals surface area contributed by atoms with Gasteiger partial charge in [0.1, 0.15) is 5.75 Å². The summed E-state index contributed by atoms with van der Waals surface area (Å²) in [6, 6.07) is 15.1. The summed E-state index contributed by atoms with van der Waals surface area (Å²) >= 11 is 3.58. The molecule has 0 aliphatic carbocycles. The van der Waals surface area contributed by atoms with E-state index < -0.39 is 0 Å². The number of nitrogens with zero attached hydrogens (tertiary/aromatic N) is 2. The predicted octanol–water partition coefficient (Wildman–Crippen LogP) is 3.20. The highest BCUT2D eigenvalue weighted by molar-refractivity contribution is 9.10. The first-order valence-corrected chi connectivity index (χ1v) is 7.46. The van der Waals surface area contributed by atoms with Crippen molar-refractivity contribution in [2.75, 3.05) is 11.4 Å². The molecule has 4 nitrogen and oxygen atoms in total. The second-order valence-corrected chi connectivity index (χ2v) is 6.14. The SMILES string of the molecule is CC1(c2ccc(O)cc2)CN=C(N)N1c1ccccc1Br. The van der Waals surface area contributed by atoms with Crippen LogP contribution in [0.25, 0.3) is 0 Å². The molecule has 0 amide bonds. The molecule has 0 fully saturated rings. The minimum Gasteiger partial charge on any atom is -0.508 e. The van der Waals surface area contributed by atoms with Crippen LogP contribution in [-0.2, 0) is 5.54 Å². The quantitative estimate of drug-likeness (QED) is 0.878. The fraction of sp³-hybridized carbons (Fsp3) is 0.188. The minimum atomic E-state index is -0.373. The van der Waals surface area contributed by atoms with Crippen LogP contribution in [0.15, 0.2) is 58.0 Å². The third-order valence-corrected chi connectivity index (χ3v) is 4.52. The zero-order valence-electron chi connectivity index (χ0n) is 11.6. The highest BCUT2D eigenvalue weighted by Gasteiger charge is 2.41. The van der Waals surface area contributed by atoms with Crippen LogP contribution in [-0.4, -0.2) is 17.6 Å². The second kappa shape index (κ2) is 5.07. The Morgan fingerprint density at radius 1 is 1.19 bits per heavy atom. The number of nitrogens with two attached hydrogens (primary N) is 1. The summed E-state index contributed by atoms with van der Waals surface area (Å²) in [6.07, 6.45) is 0. The maximum absolute atomic E-state index is 9.49. The summed E-state index contributed by atoms with van der Waals surface area (Å²) in [7, 11) is 0. The average molecular weight is 346 g/mol. The molecule has 1 unspecified atom stereocenters. The Labute approximate surface area is 132 Å². The number of hydrogen-bond donors (Lipinski definition) is 2. The fourth-order valence-corrected chi connectivity index (χ4v) is 3.15. The fourth-order valence-electron chi connectivity index (χ4n) is 2.69. The van der Waals surface area contributed by atoms with Gasteiger partial charge in [-0.3, -0.25) is 9.89 Å². The number of rotatable bonds is 2. The van der Waals surface area contributed by atoms with Crippen molar-refractivity contribution in [2.24, 2.45) is 10.7 Å². The summed E-state index contributed by atoms with van der Waals surface area (Å²) < 4.78 is 0.968. The summed E-state index contributed by atoms with van der Waals surface area (Å²) in [5, 5.41) is 9.49. The largest absolute Gasteiger partial charge is 0.508 e. The zero-order chi connectivity index (χ0) is 15.0. The van der Waals surface area contributed by atoms with Gasteiger partial charge in [-0.05, 0) is 52.7 Å². The molecule has 1 aliphatic heterocycles. The Hall–Kier alpha value is -2.01. The smallest absolute Gasteiger partial charge is 0.196 e. The van der Waals surface area contributed by atoms with Gasteiger partial charge in [0.25, 0.3) is 0 Å². The molecule has 5 heteroatoms. The topological polar surface area (TPSA) is 61.9 Å². The summed E-state index contributed by atoms with van der Waals surface area (Å²) in [5.41, 5.74) is 7.79. The van der Waals surface area contributed by atoms with E-state index in [1.165, 1.54) is 0 Å². The lowest BCUT2D eigenvalue weighted by Gasteiger charge is -2.37. The van der Waals surface area contributed by atoms with Gasteiger partial charge in [-0.1, -0.05) is 24.3 Å². The molecule has 108 valence electrons. The summed E-state index contributed by atoms with van der Waals surface area (Å²) in [6.45, 7) is 2.67. The van der Waals surface area contributed by atoms with Crippen molar-refractivity contribution in [3.63, 3.8) is 0 Å². The molecule has 2 aromatic carbocycles. The van der Waals surface area contributed by atoms with Crippen LogP contribution < -0.4 is 10.6 Å². The first-order valence-electron chi connectivity index (χ1n) is 6.66. The van der Waals surface area contributed by atoms with E-state index in [2.05, 4.69) is 27.8 Å². The van der Waals surface area contributed by atoms with Gasteiger partial charge in [-0.2, -0.15) is 0 Å². The highest BCUT2D eigenvalue weighted by Crippen LogP contribution is 2.40. The number of aromatic hydroxyl groups is 1. The molecule has 0 spiro atoms. The first-order chi connectivity index (χ1) is 10.0. The molecule has 3 rings (SSSR count). The number of phenolic OH excluding ortho intramolecular Hbond substituents is 1. The van der Waals surface area contributed by atoms with Gasteiger partial charge in [0.05, 0.1) is 17.8 Å². The summed E-state index contributed by atoms with van der Waals surface area (Å²) in [5.74, 6) is 0.749. The molecule has 1 atom stereocenters. The van der Waals surface area contributed by atoms with Crippen LogP contribution in [0, 0.1) is 0 Å². The van der Waals surface area contributed by atoms with Crippen LogP contribution in [0.3, 0.4) is 0 Å². The standard InChI is InChI=1S/C16H16BrN3O/c1-16(11-6-8-12(21)9-7-11)10-19-15(18)20(16)14-5-3-2-4-13(14)17/h2-9,21H,10H2,1H3,(H2,18,19). The molecule has 2 aromatic rings. The number of anilines is 1. The number of benzene rings is 2. The molecule has 0 bridgehead atoms. The number of aliphatic imine (C=N–C) groups is 1. The van der Waals surface area contributed by atoms with Crippen molar-refractivity contribution in [1.82, 2.24) is 0 Å². The number of hydrogen-bond acceptors (Lipinski definition) is 4. The van der Waals surface area contributed by atoms with Crippen LogP contribution >= 0.6 is 15.9 Å². The van der Waals surface area contributed by atoms with E-state index in [9.17, 15) is 5.11 Å². The highest BCUT2D eigenvalue weighted by atomic mass is 79.9. The number of guanidine groups is 1. The zero-order valence-corrected chi connectivity index (χ0v) is 13.2. The van der Waals surface area contributed by atoms with E-state index in [0.717, 1.165) is 15.7 Å². The van der Waals surface area contributed by atoms with E-state index in [1.54, 1.807) is 12.1 Å². The molecule has 0 saturated carbocycles. The third kappa shape index (κ3) is 2.27. The van der Waals surface area contributed by atoms with Gasteiger partial charge < -0.3 is 10.8 Å². The van der Waals surface area contributed by atoms with Crippen LogP contribution in [0.4, 0.5) is 5.69 Å². The van der Waals surface area contributed by atoms with Gasteiger partial charge in [0.2, 0.25) is 0 Å². The van der Waals surface area contributed by atoms with Crippen LogP contribution in [0.2, 0.25) is 0 Å². The van der Waals surface area contributed by atoms with E-state index in [1.807, 2.05) is 41.3 Å². The van der Waals surface area contributed by atoms with E-state index in [0.29, 0.717) is 12.5 Å². The minimum absolute atomic E-state index is 0.252. The van der Waals surface area contributed by atoms with Gasteiger partial charge in [0, 0.05) is 4.47 Å². The number of para-hydroxylation sites is 1. The Kier molecular flexibility index (Phi) is 3.37. The van der Waals surface area contributed by atoms with Crippen molar-refractivity contribution >= 4 is 27.6 Å². The molecule has 1 aliphatic rings. The molecule has 1 heterocycles. The Bertz CT molecular complexity index is 699. The van der Waals surface area contributed by atoms with E-state index in [4.69, 9.17) is 5.73 Å². The van der Waals surface area contributed by atoms with E-state index in [-0.39, 0.29) is 11.3 Å². The number of halogens is 1. The Morgan fingerprint density at radius 2 is 1.86 bits per heavy atom. The Morgan fingerprint density at radius 3 is 2.52 bits per heavy atom. The number of phenols is 1. The van der Waals surface area contributed by atoms with E-state index >= 15 is 0 Å². The van der Waals surface area contributed by atoms with Crippen molar-refractivity contribution in [3.8, 4) is 5.75 Å². The molecule has 0 aromatic heterocycles. The van der Waals surface area contributed by atoms with Crippen molar-refractivity contribution in [3.05, 3.63) is 58.6 Å². The molecule has 0 radical (unpaired) electrons. The molecular weight excluding hydrogens is 330 g/mol. The summed E-state index contributed by atoms with van der Waals surface area (Å²) in [4.78, 5) is 6.46. The maximum atomic E-state index is 9.49. The predicted molar refractivity (Wildman–Crippen MR) is 88.6 cm³/mol. The molecule has 0 saturated heterocycles. The maximum Gasteiger partial charge on any atom is 0.196 e. The normalized spacial score (nSPS) is 21.4. The lowest BCUT2D eigenvalue weighted by atomic mass is 9.90. The van der Waals surface area contributed by atoms with Gasteiger partial charge in [-0.25, -0.2) is 0 Å². The molecular formula is C16H16BrN3O. The van der Waals surface area contributed by atoms with Gasteiger partial charge in [-0.15, -0.1) is 0 Å². The molecule has 21 heavy (non-hydrogen) atoms.